The molecule has 0 aliphatic carbocycles. The van der Waals surface area contributed by atoms with Crippen LogP contribution in [0.25, 0.3) is 0 Å². The van der Waals surface area contributed by atoms with Crippen molar-refractivity contribution in [1.82, 2.24) is 0 Å². The van der Waals surface area contributed by atoms with Crippen LogP contribution in [0.1, 0.15) is 45.4 Å². The average Bonchev–Trinajstić information content (AvgIpc) is 1.81. The van der Waals surface area contributed by atoms with Gasteiger partial charge in [0.05, 0.1) is 0 Å². The molecule has 0 atom stereocenters. The molecule has 9 heavy (non-hydrogen) atoms. The van der Waals surface area contributed by atoms with Crippen molar-refractivity contribution in [2.45, 2.75) is 45.4 Å². The number of hydrogen-bond donors (Lipinski definition) is 0. The third-order valence-corrected chi connectivity index (χ3v) is 1.35. The van der Waals surface area contributed by atoms with Gasteiger partial charge in [-0.3, -0.25) is 0 Å². The average molecular weight is 121 g/mol. The second kappa shape index (κ2) is 11.4. The van der Waals surface area contributed by atoms with Crippen LogP contribution in [0.15, 0.2) is 0 Å². The van der Waals surface area contributed by atoms with Crippen molar-refractivity contribution in [3.05, 3.63) is 6.92 Å². The molecule has 0 aliphatic heterocycles. The van der Waals surface area contributed by atoms with Crippen molar-refractivity contribution in [2.75, 3.05) is 0 Å². The number of unbranched alkanes of at least 4 members (excludes halogenated alkanes) is 5. The SMILES string of the molecule is [CH2]CCCCCCC.[LiH]. The first kappa shape index (κ1) is 12.3. The second-order valence-electron chi connectivity index (χ2n) is 2.27. The number of rotatable bonds is 5. The van der Waals surface area contributed by atoms with Crippen LogP contribution in [-0.4, -0.2) is 18.9 Å². The molecule has 0 N–H and O–H groups in total. The molecule has 0 heterocycles. The quantitative estimate of drug-likeness (QED) is 0.387. The van der Waals surface area contributed by atoms with Crippen LogP contribution in [0.2, 0.25) is 0 Å². The summed E-state index contributed by atoms with van der Waals surface area (Å²) in [4.78, 5) is 0. The minimum absolute atomic E-state index is 0. The van der Waals surface area contributed by atoms with E-state index in [2.05, 4.69) is 13.8 Å². The maximum absolute atomic E-state index is 3.78. The third kappa shape index (κ3) is 11.9. The van der Waals surface area contributed by atoms with Gasteiger partial charge in [0.2, 0.25) is 0 Å². The molecule has 0 spiro atoms. The summed E-state index contributed by atoms with van der Waals surface area (Å²) >= 11 is 0. The fourth-order valence-electron chi connectivity index (χ4n) is 0.780. The molecule has 0 rings (SSSR count). The Kier molecular flexibility index (Phi) is 15.6. The van der Waals surface area contributed by atoms with Crippen molar-refractivity contribution < 1.29 is 0 Å². The molecule has 0 fully saturated rings. The summed E-state index contributed by atoms with van der Waals surface area (Å²) in [6.07, 6.45) is 7.98. The monoisotopic (exact) mass is 121 g/mol. The van der Waals surface area contributed by atoms with Crippen molar-refractivity contribution in [3.63, 3.8) is 0 Å². The van der Waals surface area contributed by atoms with Crippen LogP contribution in [0.3, 0.4) is 0 Å². The summed E-state index contributed by atoms with van der Waals surface area (Å²) in [6, 6.07) is 0. The Bertz CT molecular complexity index is 29.5. The molecule has 0 aromatic carbocycles. The van der Waals surface area contributed by atoms with E-state index in [4.69, 9.17) is 0 Å². The molecule has 1 radical (unpaired) electrons. The molecule has 0 saturated heterocycles. The van der Waals surface area contributed by atoms with Gasteiger partial charge in [-0.2, -0.15) is 0 Å². The van der Waals surface area contributed by atoms with E-state index in [0.29, 0.717) is 0 Å². The molecule has 0 nitrogen and oxygen atoms in total. The van der Waals surface area contributed by atoms with Crippen LogP contribution in [0.4, 0.5) is 0 Å². The van der Waals surface area contributed by atoms with Gasteiger partial charge in [0.1, 0.15) is 0 Å². The summed E-state index contributed by atoms with van der Waals surface area (Å²) in [5.41, 5.74) is 0. The van der Waals surface area contributed by atoms with Gasteiger partial charge >= 0.3 is 18.9 Å². The second-order valence-corrected chi connectivity index (χ2v) is 2.27. The maximum atomic E-state index is 3.78. The Morgan fingerprint density at radius 1 is 1.00 bits per heavy atom. The molecular formula is C8H18Li. The third-order valence-electron chi connectivity index (χ3n) is 1.35. The molecule has 0 aliphatic rings. The Balaban J connectivity index is 0. The van der Waals surface area contributed by atoms with Gasteiger partial charge in [-0.25, -0.2) is 0 Å². The molecule has 0 aromatic rings. The van der Waals surface area contributed by atoms with Crippen LogP contribution >= 0.6 is 0 Å². The van der Waals surface area contributed by atoms with Gasteiger partial charge in [-0.1, -0.05) is 52.4 Å². The first-order chi connectivity index (χ1) is 3.91. The van der Waals surface area contributed by atoms with E-state index < -0.39 is 0 Å². The zero-order chi connectivity index (χ0) is 6.24. The van der Waals surface area contributed by atoms with Crippen LogP contribution in [-0.2, 0) is 0 Å². The first-order valence-corrected chi connectivity index (χ1v) is 3.71. The van der Waals surface area contributed by atoms with Crippen LogP contribution < -0.4 is 0 Å². The molecule has 0 saturated carbocycles. The fourth-order valence-corrected chi connectivity index (χ4v) is 0.780. The Morgan fingerprint density at radius 3 is 2.00 bits per heavy atom. The van der Waals surface area contributed by atoms with Gasteiger partial charge in [0.15, 0.2) is 0 Å². The zero-order valence-electron chi connectivity index (χ0n) is 5.95. The van der Waals surface area contributed by atoms with Gasteiger partial charge in [-0.05, 0) is 0 Å². The molecule has 0 aromatic heterocycles. The van der Waals surface area contributed by atoms with E-state index in [1.54, 1.807) is 0 Å². The van der Waals surface area contributed by atoms with Crippen molar-refractivity contribution in [3.8, 4) is 0 Å². The Morgan fingerprint density at radius 2 is 1.56 bits per heavy atom. The summed E-state index contributed by atoms with van der Waals surface area (Å²) < 4.78 is 0. The molecule has 0 unspecified atom stereocenters. The van der Waals surface area contributed by atoms with E-state index >= 15 is 0 Å². The summed E-state index contributed by atoms with van der Waals surface area (Å²) in [6.45, 7) is 6.02. The molecule has 51 valence electrons. The van der Waals surface area contributed by atoms with Crippen LogP contribution in [0, 0.1) is 6.92 Å². The van der Waals surface area contributed by atoms with Gasteiger partial charge in [-0.15, -0.1) is 0 Å². The van der Waals surface area contributed by atoms with Crippen molar-refractivity contribution in [2.24, 2.45) is 0 Å². The van der Waals surface area contributed by atoms with Gasteiger partial charge in [0, 0.05) is 0 Å². The topological polar surface area (TPSA) is 0 Å². The van der Waals surface area contributed by atoms with E-state index in [1.165, 1.54) is 32.1 Å². The van der Waals surface area contributed by atoms with E-state index in [-0.39, 0.29) is 18.9 Å². The van der Waals surface area contributed by atoms with E-state index in [1.807, 2.05) is 0 Å². The van der Waals surface area contributed by atoms with Gasteiger partial charge in [0.25, 0.3) is 0 Å². The van der Waals surface area contributed by atoms with Gasteiger partial charge < -0.3 is 0 Å². The fraction of sp³-hybridized carbons (Fsp3) is 0.875. The molecule has 1 heteroatoms. The van der Waals surface area contributed by atoms with Crippen LogP contribution in [0.5, 0.6) is 0 Å². The zero-order valence-corrected chi connectivity index (χ0v) is 5.95. The van der Waals surface area contributed by atoms with E-state index in [0.717, 1.165) is 6.42 Å². The summed E-state index contributed by atoms with van der Waals surface area (Å²) in [5.74, 6) is 0. The van der Waals surface area contributed by atoms with Crippen molar-refractivity contribution in [1.29, 1.82) is 0 Å². The predicted molar refractivity (Wildman–Crippen MR) is 45.9 cm³/mol. The standard InChI is InChI=1S/C8H17.Li.H/c1-3-5-7-8-6-4-2;;/h1,3-8H2,2H3;;. The Hall–Kier alpha value is 0.597. The number of hydrogen-bond acceptors (Lipinski definition) is 0. The normalized spacial score (nSPS) is 8.67. The predicted octanol–water partition coefficient (Wildman–Crippen LogP) is 2.53. The van der Waals surface area contributed by atoms with Crippen molar-refractivity contribution >= 4 is 18.9 Å². The van der Waals surface area contributed by atoms with E-state index in [9.17, 15) is 0 Å². The molecule has 0 bridgehead atoms. The molecular weight excluding hydrogens is 103 g/mol. The Labute approximate surface area is 71.6 Å². The summed E-state index contributed by atoms with van der Waals surface area (Å²) in [7, 11) is 0. The first-order valence-electron chi connectivity index (χ1n) is 3.71. The minimum atomic E-state index is 0. The summed E-state index contributed by atoms with van der Waals surface area (Å²) in [5, 5.41) is 0. The molecule has 0 amide bonds.